The van der Waals surface area contributed by atoms with Gasteiger partial charge in [0.2, 0.25) is 0 Å². The van der Waals surface area contributed by atoms with Gasteiger partial charge in [-0.2, -0.15) is 0 Å². The Morgan fingerprint density at radius 3 is 1.29 bits per heavy atom. The number of esters is 2. The Balaban J connectivity index is 4.04. The summed E-state index contributed by atoms with van der Waals surface area (Å²) in [6.07, 6.45) is 49.3. The van der Waals surface area contributed by atoms with Crippen molar-refractivity contribution in [3.63, 3.8) is 0 Å². The molecule has 0 aromatic heterocycles. The van der Waals surface area contributed by atoms with Crippen LogP contribution in [0.3, 0.4) is 0 Å². The third-order valence-electron chi connectivity index (χ3n) is 10.6. The molecule has 0 amide bonds. The molecule has 0 bridgehead atoms. The molecule has 9 nitrogen and oxygen atoms in total. The van der Waals surface area contributed by atoms with E-state index in [1.807, 2.05) is 0 Å². The molecule has 0 aromatic rings. The summed E-state index contributed by atoms with van der Waals surface area (Å²) in [7, 11) is -4.38. The number of nitrogens with two attached hydrogens (primary N) is 1. The van der Waals surface area contributed by atoms with Crippen molar-refractivity contribution in [2.24, 2.45) is 5.73 Å². The Hall–Kier alpha value is -1.51. The highest BCUT2D eigenvalue weighted by Crippen LogP contribution is 2.43. The lowest BCUT2D eigenvalue weighted by atomic mass is 10.0. The summed E-state index contributed by atoms with van der Waals surface area (Å²) >= 11 is 0. The minimum Gasteiger partial charge on any atom is -0.462 e. The number of ether oxygens (including phenoxy) is 2. The van der Waals surface area contributed by atoms with Crippen molar-refractivity contribution in [1.29, 1.82) is 0 Å². The number of hydrogen-bond donors (Lipinski definition) is 2. The van der Waals surface area contributed by atoms with Crippen LogP contribution in [0.4, 0.5) is 0 Å². The minimum atomic E-state index is -4.38. The third-order valence-corrected chi connectivity index (χ3v) is 11.6. The van der Waals surface area contributed by atoms with Crippen LogP contribution in [0, 0.1) is 0 Å². The predicted molar refractivity (Wildman–Crippen MR) is 243 cm³/mol. The monoisotopic (exact) mass is 842 g/mol. The Morgan fingerprint density at radius 2 is 0.879 bits per heavy atom. The van der Waals surface area contributed by atoms with Gasteiger partial charge in [0.15, 0.2) is 6.10 Å². The van der Waals surface area contributed by atoms with E-state index in [1.54, 1.807) is 0 Å². The zero-order chi connectivity index (χ0) is 42.5. The molecule has 0 aliphatic carbocycles. The van der Waals surface area contributed by atoms with Gasteiger partial charge >= 0.3 is 19.8 Å². The lowest BCUT2D eigenvalue weighted by molar-refractivity contribution is -0.161. The van der Waals surface area contributed by atoms with Crippen molar-refractivity contribution < 1.29 is 37.6 Å². The van der Waals surface area contributed by atoms with Gasteiger partial charge in [-0.05, 0) is 38.5 Å². The molecule has 58 heavy (non-hydrogen) atoms. The summed E-state index contributed by atoms with van der Waals surface area (Å²) in [5.74, 6) is -0.835. The first-order valence-corrected chi connectivity index (χ1v) is 25.8. The highest BCUT2D eigenvalue weighted by Gasteiger charge is 2.26. The maximum absolute atomic E-state index is 12.6. The molecule has 0 rings (SSSR count). The van der Waals surface area contributed by atoms with Gasteiger partial charge in [0, 0.05) is 19.4 Å². The van der Waals surface area contributed by atoms with Crippen LogP contribution in [0.25, 0.3) is 0 Å². The Kier molecular flexibility index (Phi) is 43.9. The summed E-state index contributed by atoms with van der Waals surface area (Å²) in [5, 5.41) is 0. The second kappa shape index (κ2) is 45.0. The highest BCUT2D eigenvalue weighted by molar-refractivity contribution is 7.47. The minimum absolute atomic E-state index is 0.0530. The second-order valence-corrected chi connectivity index (χ2v) is 17.8. The Morgan fingerprint density at radius 1 is 0.517 bits per heavy atom. The molecular formula is C48H92NO8P. The van der Waals surface area contributed by atoms with E-state index < -0.39 is 32.5 Å². The summed E-state index contributed by atoms with van der Waals surface area (Å²) in [4.78, 5) is 35.0. The Bertz CT molecular complexity index is 1010. The summed E-state index contributed by atoms with van der Waals surface area (Å²) < 4.78 is 32.9. The largest absolute Gasteiger partial charge is 0.472 e. The topological polar surface area (TPSA) is 134 Å². The van der Waals surface area contributed by atoms with Crippen molar-refractivity contribution >= 4 is 19.8 Å². The molecule has 0 fully saturated rings. The van der Waals surface area contributed by atoms with Crippen molar-refractivity contribution in [2.75, 3.05) is 26.4 Å². The van der Waals surface area contributed by atoms with Crippen molar-refractivity contribution in [3.05, 3.63) is 24.3 Å². The van der Waals surface area contributed by atoms with E-state index in [0.29, 0.717) is 12.8 Å². The SMILES string of the molecule is CCCCCC/C=C/C=C/CCCCCCCC(=O)OC[C@H](COP(=O)(O)OCCN)OC(=O)CCCCCCCCCCCCCCCCCCCCCCCC. The van der Waals surface area contributed by atoms with Crippen LogP contribution in [0.1, 0.15) is 239 Å². The molecule has 0 heterocycles. The van der Waals surface area contributed by atoms with Crippen LogP contribution in [0.2, 0.25) is 0 Å². The van der Waals surface area contributed by atoms with Gasteiger partial charge in [0.25, 0.3) is 0 Å². The molecule has 1 unspecified atom stereocenters. The molecule has 342 valence electrons. The van der Waals surface area contributed by atoms with E-state index in [0.717, 1.165) is 51.4 Å². The fourth-order valence-corrected chi connectivity index (χ4v) is 7.75. The molecular weight excluding hydrogens is 750 g/mol. The zero-order valence-corrected chi connectivity index (χ0v) is 38.7. The summed E-state index contributed by atoms with van der Waals surface area (Å²) in [5.41, 5.74) is 5.36. The van der Waals surface area contributed by atoms with Crippen molar-refractivity contribution in [1.82, 2.24) is 0 Å². The lowest BCUT2D eigenvalue weighted by Gasteiger charge is -2.19. The Labute approximate surface area is 357 Å². The zero-order valence-electron chi connectivity index (χ0n) is 37.8. The van der Waals surface area contributed by atoms with Crippen LogP contribution in [-0.2, 0) is 32.7 Å². The third kappa shape index (κ3) is 44.1. The van der Waals surface area contributed by atoms with E-state index in [2.05, 4.69) is 38.2 Å². The van der Waals surface area contributed by atoms with Crippen LogP contribution in [-0.4, -0.2) is 49.3 Å². The smallest absolute Gasteiger partial charge is 0.462 e. The van der Waals surface area contributed by atoms with Gasteiger partial charge < -0.3 is 20.1 Å². The van der Waals surface area contributed by atoms with Gasteiger partial charge in [-0.3, -0.25) is 18.6 Å². The average Bonchev–Trinajstić information content (AvgIpc) is 3.21. The molecule has 0 aliphatic rings. The molecule has 0 saturated carbocycles. The average molecular weight is 842 g/mol. The van der Waals surface area contributed by atoms with Crippen LogP contribution < -0.4 is 5.73 Å². The van der Waals surface area contributed by atoms with Gasteiger partial charge in [-0.15, -0.1) is 0 Å². The maximum Gasteiger partial charge on any atom is 0.472 e. The standard InChI is InChI=1S/C48H92NO8P/c1-3-5-7-9-11-13-15-17-19-20-21-22-23-24-25-27-29-31-33-35-37-39-41-48(51)57-46(45-56-58(52,53)55-43-42-49)44-54-47(50)40-38-36-34-32-30-28-26-18-16-14-12-10-8-6-4-2/h14,16,18,26,46H,3-13,15,17,19-25,27-45,49H2,1-2H3,(H,52,53)/b16-14+,26-18+/t46-/m1/s1. The van der Waals surface area contributed by atoms with E-state index in [4.69, 9.17) is 24.3 Å². The molecule has 0 aliphatic heterocycles. The first-order valence-electron chi connectivity index (χ1n) is 24.3. The van der Waals surface area contributed by atoms with Crippen LogP contribution in [0.15, 0.2) is 24.3 Å². The number of rotatable bonds is 46. The van der Waals surface area contributed by atoms with Crippen molar-refractivity contribution in [3.8, 4) is 0 Å². The van der Waals surface area contributed by atoms with E-state index in [-0.39, 0.29) is 32.6 Å². The molecule has 0 spiro atoms. The first-order chi connectivity index (χ1) is 28.3. The molecule has 0 saturated heterocycles. The van der Waals surface area contributed by atoms with Gasteiger partial charge in [0.1, 0.15) is 6.61 Å². The number of phosphoric acid groups is 1. The quantitative estimate of drug-likeness (QED) is 0.0266. The number of phosphoric ester groups is 1. The number of allylic oxidation sites excluding steroid dienone is 4. The summed E-state index contributed by atoms with van der Waals surface area (Å²) in [6, 6.07) is 0. The molecule has 3 N–H and O–H groups in total. The predicted octanol–water partition coefficient (Wildman–Crippen LogP) is 14.3. The normalized spacial score (nSPS) is 13.4. The van der Waals surface area contributed by atoms with Gasteiger partial charge in [0.05, 0.1) is 13.2 Å². The fourth-order valence-electron chi connectivity index (χ4n) is 6.98. The fraction of sp³-hybridized carbons (Fsp3) is 0.875. The lowest BCUT2D eigenvalue weighted by Crippen LogP contribution is -2.29. The van der Waals surface area contributed by atoms with Crippen molar-refractivity contribution in [2.45, 2.75) is 245 Å². The first kappa shape index (κ1) is 56.5. The molecule has 2 atom stereocenters. The number of carbonyl (C=O) groups is 2. The number of hydrogen-bond acceptors (Lipinski definition) is 8. The van der Waals surface area contributed by atoms with E-state index in [9.17, 15) is 19.0 Å². The second-order valence-electron chi connectivity index (χ2n) is 16.4. The number of unbranched alkanes of at least 4 members (excludes halogenated alkanes) is 30. The van der Waals surface area contributed by atoms with E-state index >= 15 is 0 Å². The van der Waals surface area contributed by atoms with E-state index in [1.165, 1.54) is 148 Å². The van der Waals surface area contributed by atoms with Crippen LogP contribution >= 0.6 is 7.82 Å². The van der Waals surface area contributed by atoms with Gasteiger partial charge in [-0.25, -0.2) is 4.57 Å². The highest BCUT2D eigenvalue weighted by atomic mass is 31.2. The summed E-state index contributed by atoms with van der Waals surface area (Å²) in [6.45, 7) is 3.73. The maximum atomic E-state index is 12.6. The van der Waals surface area contributed by atoms with Gasteiger partial charge in [-0.1, -0.05) is 212 Å². The molecule has 0 aromatic carbocycles. The molecule has 0 radical (unpaired) electrons. The number of carbonyl (C=O) groups excluding carboxylic acids is 2. The molecule has 10 heteroatoms. The van der Waals surface area contributed by atoms with Crippen LogP contribution in [0.5, 0.6) is 0 Å².